The van der Waals surface area contributed by atoms with Gasteiger partial charge in [0, 0.05) is 31.4 Å². The van der Waals surface area contributed by atoms with Crippen molar-refractivity contribution >= 4 is 11.4 Å². The molecule has 2 heterocycles. The minimum atomic E-state index is -4.15. The SMILES string of the molecule is Nc1ccc2c(c1)OC[C@H]1CN(CC(F)(F)F)CCN21. The van der Waals surface area contributed by atoms with E-state index in [-0.39, 0.29) is 6.04 Å². The van der Waals surface area contributed by atoms with Gasteiger partial charge >= 0.3 is 6.18 Å². The zero-order valence-electron chi connectivity index (χ0n) is 10.9. The highest BCUT2D eigenvalue weighted by Gasteiger charge is 2.37. The molecule has 0 aromatic heterocycles. The van der Waals surface area contributed by atoms with E-state index < -0.39 is 12.7 Å². The molecule has 0 amide bonds. The number of nitrogens with zero attached hydrogens (tertiary/aromatic N) is 2. The molecule has 1 saturated heterocycles. The second-order valence-corrected chi connectivity index (χ2v) is 5.24. The molecule has 0 aliphatic carbocycles. The lowest BCUT2D eigenvalue weighted by molar-refractivity contribution is -0.147. The summed E-state index contributed by atoms with van der Waals surface area (Å²) < 4.78 is 43.0. The van der Waals surface area contributed by atoms with Gasteiger partial charge in [-0.05, 0) is 12.1 Å². The van der Waals surface area contributed by atoms with Crippen LogP contribution in [0.25, 0.3) is 0 Å². The summed E-state index contributed by atoms with van der Waals surface area (Å²) in [6.45, 7) is 0.876. The van der Waals surface area contributed by atoms with E-state index in [0.717, 1.165) is 5.69 Å². The third kappa shape index (κ3) is 2.63. The molecule has 2 N–H and O–H groups in total. The standard InChI is InChI=1S/C13H16F3N3O/c14-13(15,16)8-18-3-4-19-10(6-18)7-20-12-5-9(17)1-2-11(12)19/h1-2,5,10H,3-4,6-8,17H2/t10-/m1/s1. The van der Waals surface area contributed by atoms with Crippen LogP contribution in [-0.4, -0.2) is 49.9 Å². The molecular formula is C13H16F3N3O. The second-order valence-electron chi connectivity index (χ2n) is 5.24. The highest BCUT2D eigenvalue weighted by molar-refractivity contribution is 5.66. The number of hydrogen-bond acceptors (Lipinski definition) is 4. The third-order valence-corrected chi connectivity index (χ3v) is 3.69. The number of ether oxygens (including phenoxy) is 1. The number of benzene rings is 1. The van der Waals surface area contributed by atoms with Gasteiger partial charge in [-0.15, -0.1) is 0 Å². The van der Waals surface area contributed by atoms with Crippen LogP contribution >= 0.6 is 0 Å². The zero-order valence-corrected chi connectivity index (χ0v) is 10.9. The maximum Gasteiger partial charge on any atom is 0.401 e. The molecule has 0 radical (unpaired) electrons. The lowest BCUT2D eigenvalue weighted by Crippen LogP contribution is -2.58. The predicted molar refractivity (Wildman–Crippen MR) is 70.0 cm³/mol. The highest BCUT2D eigenvalue weighted by Crippen LogP contribution is 2.36. The van der Waals surface area contributed by atoms with Crippen molar-refractivity contribution < 1.29 is 17.9 Å². The summed E-state index contributed by atoms with van der Waals surface area (Å²) >= 11 is 0. The highest BCUT2D eigenvalue weighted by atomic mass is 19.4. The van der Waals surface area contributed by atoms with E-state index in [2.05, 4.69) is 4.90 Å². The molecule has 2 aliphatic heterocycles. The van der Waals surface area contributed by atoms with Crippen molar-refractivity contribution in [1.29, 1.82) is 0 Å². The van der Waals surface area contributed by atoms with Crippen LogP contribution in [-0.2, 0) is 0 Å². The second kappa shape index (κ2) is 4.73. The van der Waals surface area contributed by atoms with Crippen molar-refractivity contribution in [3.05, 3.63) is 18.2 Å². The molecule has 4 nitrogen and oxygen atoms in total. The zero-order chi connectivity index (χ0) is 14.3. The molecule has 0 unspecified atom stereocenters. The van der Waals surface area contributed by atoms with Gasteiger partial charge in [-0.3, -0.25) is 4.90 Å². The van der Waals surface area contributed by atoms with Crippen LogP contribution in [0.1, 0.15) is 0 Å². The van der Waals surface area contributed by atoms with E-state index in [9.17, 15) is 13.2 Å². The Bertz CT molecular complexity index is 506. The summed E-state index contributed by atoms with van der Waals surface area (Å²) in [5.74, 6) is 0.713. The van der Waals surface area contributed by atoms with E-state index >= 15 is 0 Å². The Balaban J connectivity index is 1.74. The predicted octanol–water partition coefficient (Wildman–Crippen LogP) is 1.71. The van der Waals surface area contributed by atoms with E-state index in [1.807, 2.05) is 6.07 Å². The number of nitrogens with two attached hydrogens (primary N) is 1. The Labute approximate surface area is 114 Å². The Morgan fingerprint density at radius 1 is 1.30 bits per heavy atom. The molecule has 1 fully saturated rings. The maximum absolute atomic E-state index is 12.4. The van der Waals surface area contributed by atoms with Crippen LogP contribution in [0.5, 0.6) is 5.75 Å². The van der Waals surface area contributed by atoms with E-state index in [1.165, 1.54) is 4.90 Å². The lowest BCUT2D eigenvalue weighted by Gasteiger charge is -2.45. The molecule has 1 aromatic carbocycles. The first kappa shape index (κ1) is 13.4. The fraction of sp³-hybridized carbons (Fsp3) is 0.538. The van der Waals surface area contributed by atoms with Gasteiger partial charge in [0.15, 0.2) is 0 Å². The Morgan fingerprint density at radius 2 is 2.10 bits per heavy atom. The Morgan fingerprint density at radius 3 is 2.85 bits per heavy atom. The molecule has 1 atom stereocenters. The van der Waals surface area contributed by atoms with Gasteiger partial charge < -0.3 is 15.4 Å². The molecule has 110 valence electrons. The topological polar surface area (TPSA) is 41.7 Å². The molecule has 0 saturated carbocycles. The van der Waals surface area contributed by atoms with Crippen LogP contribution in [0.4, 0.5) is 24.5 Å². The molecule has 20 heavy (non-hydrogen) atoms. The monoisotopic (exact) mass is 287 g/mol. The van der Waals surface area contributed by atoms with Crippen LogP contribution in [0.3, 0.4) is 0 Å². The number of fused-ring (bicyclic) bond motifs is 3. The summed E-state index contributed by atoms with van der Waals surface area (Å²) in [7, 11) is 0. The fourth-order valence-electron chi connectivity index (χ4n) is 2.85. The largest absolute Gasteiger partial charge is 0.489 e. The lowest BCUT2D eigenvalue weighted by atomic mass is 10.1. The normalized spacial score (nSPS) is 22.9. The van der Waals surface area contributed by atoms with Gasteiger partial charge in [0.2, 0.25) is 0 Å². The first-order valence-electron chi connectivity index (χ1n) is 6.50. The van der Waals surface area contributed by atoms with E-state index in [0.29, 0.717) is 37.7 Å². The summed E-state index contributed by atoms with van der Waals surface area (Å²) in [5, 5.41) is 0. The number of alkyl halides is 3. The van der Waals surface area contributed by atoms with Gasteiger partial charge in [0.05, 0.1) is 18.3 Å². The maximum atomic E-state index is 12.4. The summed E-state index contributed by atoms with van der Waals surface area (Å²) in [6.07, 6.45) is -4.15. The number of rotatable bonds is 1. The van der Waals surface area contributed by atoms with Gasteiger partial charge in [0.1, 0.15) is 12.4 Å². The van der Waals surface area contributed by atoms with Crippen molar-refractivity contribution in [2.75, 3.05) is 43.4 Å². The number of hydrogen-bond donors (Lipinski definition) is 1. The Hall–Kier alpha value is -1.63. The molecule has 2 aliphatic rings. The minimum Gasteiger partial charge on any atom is -0.489 e. The van der Waals surface area contributed by atoms with Crippen LogP contribution in [0.2, 0.25) is 0 Å². The van der Waals surface area contributed by atoms with Crippen LogP contribution in [0, 0.1) is 0 Å². The molecular weight excluding hydrogens is 271 g/mol. The minimum absolute atomic E-state index is 0.0396. The number of halogens is 3. The number of piperazine rings is 1. The van der Waals surface area contributed by atoms with Gasteiger partial charge in [0.25, 0.3) is 0 Å². The van der Waals surface area contributed by atoms with Crippen molar-refractivity contribution in [2.24, 2.45) is 0 Å². The molecule has 0 bridgehead atoms. The van der Waals surface area contributed by atoms with Crippen LogP contribution < -0.4 is 15.4 Å². The van der Waals surface area contributed by atoms with Crippen molar-refractivity contribution in [3.63, 3.8) is 0 Å². The molecule has 3 rings (SSSR count). The molecule has 1 aromatic rings. The van der Waals surface area contributed by atoms with Crippen LogP contribution in [0.15, 0.2) is 18.2 Å². The first-order chi connectivity index (χ1) is 9.42. The quantitative estimate of drug-likeness (QED) is 0.799. The van der Waals surface area contributed by atoms with E-state index in [1.54, 1.807) is 12.1 Å². The summed E-state index contributed by atoms with van der Waals surface area (Å²) in [5.41, 5.74) is 7.25. The number of anilines is 2. The summed E-state index contributed by atoms with van der Waals surface area (Å²) in [4.78, 5) is 3.55. The first-order valence-corrected chi connectivity index (χ1v) is 6.50. The van der Waals surface area contributed by atoms with Crippen molar-refractivity contribution in [1.82, 2.24) is 4.90 Å². The summed E-state index contributed by atoms with van der Waals surface area (Å²) in [6, 6.07) is 5.37. The van der Waals surface area contributed by atoms with Crippen molar-refractivity contribution in [3.8, 4) is 5.75 Å². The van der Waals surface area contributed by atoms with Gasteiger partial charge in [-0.1, -0.05) is 0 Å². The third-order valence-electron chi connectivity index (χ3n) is 3.69. The van der Waals surface area contributed by atoms with E-state index in [4.69, 9.17) is 10.5 Å². The average Bonchev–Trinajstić information content (AvgIpc) is 2.36. The van der Waals surface area contributed by atoms with Gasteiger partial charge in [-0.2, -0.15) is 13.2 Å². The fourth-order valence-corrected chi connectivity index (χ4v) is 2.85. The van der Waals surface area contributed by atoms with Gasteiger partial charge in [-0.25, -0.2) is 0 Å². The Kier molecular flexibility index (Phi) is 3.16. The number of nitrogen functional groups attached to an aromatic ring is 1. The molecule has 0 spiro atoms. The molecule has 7 heteroatoms. The van der Waals surface area contributed by atoms with Crippen molar-refractivity contribution in [2.45, 2.75) is 12.2 Å². The average molecular weight is 287 g/mol. The smallest absolute Gasteiger partial charge is 0.401 e.